The quantitative estimate of drug-likeness (QED) is 0.127. The summed E-state index contributed by atoms with van der Waals surface area (Å²) < 4.78 is 13.4. The fraction of sp³-hybridized carbons (Fsp3) is 0.157. The Labute approximate surface area is 362 Å². The van der Waals surface area contributed by atoms with Gasteiger partial charge < -0.3 is 19.9 Å². The van der Waals surface area contributed by atoms with Crippen molar-refractivity contribution in [3.05, 3.63) is 173 Å². The van der Waals surface area contributed by atoms with E-state index in [1.54, 1.807) is 12.3 Å². The van der Waals surface area contributed by atoms with Crippen LogP contribution in [0.2, 0.25) is 0 Å². The maximum atomic E-state index is 13.4. The zero-order valence-corrected chi connectivity index (χ0v) is 37.5. The van der Waals surface area contributed by atoms with Crippen LogP contribution in [-0.4, -0.2) is 29.1 Å². The van der Waals surface area contributed by atoms with Crippen LogP contribution in [0, 0.1) is 73.6 Å². The molecule has 1 aliphatic rings. The first kappa shape index (κ1) is 41.4. The molecule has 0 bridgehead atoms. The minimum atomic E-state index is -1.37. The Bertz CT molecular complexity index is 2960. The molecule has 0 saturated heterocycles. The molecule has 5 aromatic heterocycles. The minimum Gasteiger partial charge on any atom is -0.343 e. The molecule has 1 aliphatic heterocycles. The van der Waals surface area contributed by atoms with E-state index in [1.807, 2.05) is 50.6 Å². The molecular weight excluding hydrogens is 923 g/mol. The number of aryl methyl sites for hydroxylation is 8. The van der Waals surface area contributed by atoms with E-state index in [2.05, 4.69) is 145 Å². The van der Waals surface area contributed by atoms with Gasteiger partial charge in [-0.1, -0.05) is 61.0 Å². The maximum absolute atomic E-state index is 13.4. The number of hydrogen-bond donors (Lipinski definition) is 0. The molecule has 1 unspecified atom stereocenters. The third-order valence-corrected chi connectivity index (χ3v) is 12.1. The SMILES string of the molecule is Cc1c[c-]c(-c2cc(C)c(C)cn2)cc1.Cc1c[c-]c(-c2cc(C)c(C)cn2)cc1.Cc1cc2c(ccc3c4ccnc5c4c(cc23)S(=O)c2ncc[c-]c2-5)c(C)n1.[Ir+3]. The smallest absolute Gasteiger partial charge is 0.343 e. The van der Waals surface area contributed by atoms with E-state index in [1.165, 1.54) is 33.4 Å². The fourth-order valence-corrected chi connectivity index (χ4v) is 8.49. The van der Waals surface area contributed by atoms with Gasteiger partial charge in [-0.2, -0.15) is 0 Å². The van der Waals surface area contributed by atoms with E-state index in [9.17, 15) is 4.21 Å². The number of benzene rings is 4. The van der Waals surface area contributed by atoms with E-state index in [-0.39, 0.29) is 20.1 Å². The van der Waals surface area contributed by atoms with Gasteiger partial charge in [0.25, 0.3) is 0 Å². The van der Waals surface area contributed by atoms with Crippen LogP contribution in [0.4, 0.5) is 0 Å². The molecule has 292 valence electrons. The van der Waals surface area contributed by atoms with Crippen LogP contribution < -0.4 is 0 Å². The summed E-state index contributed by atoms with van der Waals surface area (Å²) in [6.45, 7) is 16.5. The van der Waals surface area contributed by atoms with E-state index in [0.717, 1.165) is 82.4 Å². The average molecular weight is 965 g/mol. The van der Waals surface area contributed by atoms with Crippen LogP contribution in [0.25, 0.3) is 66.1 Å². The Hall–Kier alpha value is -5.79. The average Bonchev–Trinajstić information content (AvgIpc) is 3.23. The summed E-state index contributed by atoms with van der Waals surface area (Å²) in [5, 5.41) is 6.99. The molecule has 0 aliphatic carbocycles. The zero-order chi connectivity index (χ0) is 40.7. The Morgan fingerprint density at radius 3 is 1.71 bits per heavy atom. The number of fused-ring (bicyclic) bond motifs is 6. The predicted molar refractivity (Wildman–Crippen MR) is 236 cm³/mol. The summed E-state index contributed by atoms with van der Waals surface area (Å²) >= 11 is 0. The van der Waals surface area contributed by atoms with Crippen LogP contribution in [-0.2, 0) is 30.9 Å². The summed E-state index contributed by atoms with van der Waals surface area (Å²) in [5.74, 6) is 0. The number of pyridine rings is 5. The second-order valence-corrected chi connectivity index (χ2v) is 16.3. The first-order valence-electron chi connectivity index (χ1n) is 19.2. The van der Waals surface area contributed by atoms with Crippen LogP contribution >= 0.6 is 0 Å². The first-order valence-corrected chi connectivity index (χ1v) is 20.4. The van der Waals surface area contributed by atoms with Gasteiger partial charge in [-0.3, -0.25) is 9.19 Å². The normalized spacial score (nSPS) is 12.5. The van der Waals surface area contributed by atoms with Crippen molar-refractivity contribution in [2.75, 3.05) is 0 Å². The maximum Gasteiger partial charge on any atom is 3.00 e. The van der Waals surface area contributed by atoms with Gasteiger partial charge in [0.05, 0.1) is 10.8 Å². The van der Waals surface area contributed by atoms with Crippen molar-refractivity contribution >= 4 is 43.1 Å². The van der Waals surface area contributed by atoms with Crippen molar-refractivity contribution in [3.63, 3.8) is 0 Å². The van der Waals surface area contributed by atoms with E-state index >= 15 is 0 Å². The molecule has 9 aromatic rings. The molecule has 0 radical (unpaired) electrons. The molecule has 0 spiro atoms. The first-order chi connectivity index (χ1) is 28.0. The van der Waals surface area contributed by atoms with Crippen molar-refractivity contribution in [3.8, 4) is 33.8 Å². The molecular formula is C51H42IrN5OS. The Morgan fingerprint density at radius 2 is 1.14 bits per heavy atom. The van der Waals surface area contributed by atoms with Gasteiger partial charge in [-0.15, -0.1) is 82.9 Å². The molecule has 0 saturated carbocycles. The van der Waals surface area contributed by atoms with Crippen molar-refractivity contribution in [1.82, 2.24) is 24.9 Å². The van der Waals surface area contributed by atoms with Gasteiger partial charge >= 0.3 is 20.1 Å². The van der Waals surface area contributed by atoms with Gasteiger partial charge in [0.2, 0.25) is 0 Å². The van der Waals surface area contributed by atoms with E-state index in [4.69, 9.17) is 0 Å². The standard InChI is InChI=1S/C23H14N3OS.2C14H14N.Ir/c1-12-10-18-14(13(2)26-12)5-6-15-16-7-9-24-22-17-4-3-8-25-23(17)28(27)20(21(16)22)11-19(15)18;2*1-10-4-6-13(7-5-10)14-8-11(2)12(3)9-15-14;/h3,5-11H,1-2H3;2*4-6,8-9H,1-3H3;/q3*-1;+3. The molecule has 6 nitrogen and oxygen atoms in total. The van der Waals surface area contributed by atoms with Crippen molar-refractivity contribution < 1.29 is 24.3 Å². The van der Waals surface area contributed by atoms with Crippen molar-refractivity contribution in [1.29, 1.82) is 0 Å². The van der Waals surface area contributed by atoms with Crippen LogP contribution in [0.15, 0.2) is 120 Å². The largest absolute Gasteiger partial charge is 3.00 e. The molecule has 0 amide bonds. The molecule has 10 rings (SSSR count). The number of hydrogen-bond acceptors (Lipinski definition) is 6. The second-order valence-electron chi connectivity index (χ2n) is 15.0. The van der Waals surface area contributed by atoms with Crippen LogP contribution in [0.1, 0.15) is 44.8 Å². The third kappa shape index (κ3) is 8.26. The van der Waals surface area contributed by atoms with E-state index < -0.39 is 10.8 Å². The number of nitrogens with zero attached hydrogens (tertiary/aromatic N) is 5. The number of rotatable bonds is 2. The summed E-state index contributed by atoms with van der Waals surface area (Å²) in [5.41, 5.74) is 15.1. The summed E-state index contributed by atoms with van der Waals surface area (Å²) in [7, 11) is -1.37. The minimum absolute atomic E-state index is 0. The molecule has 1 atom stereocenters. The van der Waals surface area contributed by atoms with Crippen molar-refractivity contribution in [2.45, 2.75) is 65.3 Å². The summed E-state index contributed by atoms with van der Waals surface area (Å²) in [6.07, 6.45) is 7.28. The molecule has 0 fully saturated rings. The molecule has 8 heteroatoms. The zero-order valence-electron chi connectivity index (χ0n) is 34.3. The fourth-order valence-electron chi connectivity index (χ4n) is 7.17. The van der Waals surface area contributed by atoms with Crippen molar-refractivity contribution in [2.24, 2.45) is 0 Å². The Morgan fingerprint density at radius 1 is 0.542 bits per heavy atom. The van der Waals surface area contributed by atoms with Crippen LogP contribution in [0.3, 0.4) is 0 Å². The molecule has 0 N–H and O–H groups in total. The van der Waals surface area contributed by atoms with Gasteiger partial charge in [0.15, 0.2) is 0 Å². The topological polar surface area (TPSA) is 81.5 Å². The molecule has 4 aromatic carbocycles. The van der Waals surface area contributed by atoms with Gasteiger partial charge in [-0.05, 0) is 115 Å². The Balaban J connectivity index is 0.000000146. The molecule has 59 heavy (non-hydrogen) atoms. The summed E-state index contributed by atoms with van der Waals surface area (Å²) in [6, 6.07) is 38.3. The monoisotopic (exact) mass is 965 g/mol. The third-order valence-electron chi connectivity index (χ3n) is 10.7. The van der Waals surface area contributed by atoms with Gasteiger partial charge in [0.1, 0.15) is 0 Å². The van der Waals surface area contributed by atoms with Gasteiger partial charge in [-0.25, -0.2) is 0 Å². The van der Waals surface area contributed by atoms with E-state index in [0.29, 0.717) is 5.03 Å². The number of aromatic nitrogens is 5. The Kier molecular flexibility index (Phi) is 12.1. The summed E-state index contributed by atoms with van der Waals surface area (Å²) in [4.78, 5) is 23.2. The second kappa shape index (κ2) is 17.2. The predicted octanol–water partition coefficient (Wildman–Crippen LogP) is 11.8. The van der Waals surface area contributed by atoms with Gasteiger partial charge in [0, 0.05) is 45.3 Å². The molecule has 6 heterocycles. The van der Waals surface area contributed by atoms with Crippen LogP contribution in [0.5, 0.6) is 0 Å².